The van der Waals surface area contributed by atoms with Crippen LogP contribution in [0.15, 0.2) is 42.9 Å². The summed E-state index contributed by atoms with van der Waals surface area (Å²) < 4.78 is 2.14. The quantitative estimate of drug-likeness (QED) is 0.778. The molecule has 1 N–H and O–H groups in total. The summed E-state index contributed by atoms with van der Waals surface area (Å²) in [6.07, 6.45) is 5.83. The van der Waals surface area contributed by atoms with E-state index in [-0.39, 0.29) is 5.91 Å². The number of hydrogen-bond donors (Lipinski definition) is 1. The lowest BCUT2D eigenvalue weighted by Crippen LogP contribution is -2.15. The Morgan fingerprint density at radius 2 is 2.12 bits per heavy atom. The maximum atomic E-state index is 12.7. The number of carbonyl (C=O) groups excluding carboxylic acids is 1. The molecule has 6 heteroatoms. The van der Waals surface area contributed by atoms with E-state index in [0.29, 0.717) is 11.7 Å². The molecule has 1 aliphatic carbocycles. The molecule has 4 rings (SSSR count). The first-order chi connectivity index (χ1) is 12.1. The van der Waals surface area contributed by atoms with Gasteiger partial charge in [0.2, 0.25) is 0 Å². The molecule has 0 radical (unpaired) electrons. The van der Waals surface area contributed by atoms with Gasteiger partial charge in [0.15, 0.2) is 0 Å². The second-order valence-electron chi connectivity index (χ2n) is 6.81. The highest BCUT2D eigenvalue weighted by atomic mass is 16.1. The fourth-order valence-electron chi connectivity index (χ4n) is 3.10. The third-order valence-corrected chi connectivity index (χ3v) is 4.35. The molecule has 0 aliphatic heterocycles. The maximum Gasteiger partial charge on any atom is 0.275 e. The van der Waals surface area contributed by atoms with Gasteiger partial charge in [-0.25, -0.2) is 9.97 Å². The molecular weight excluding hydrogens is 314 g/mol. The molecule has 2 aromatic heterocycles. The largest absolute Gasteiger partial charge is 0.329 e. The monoisotopic (exact) mass is 335 g/mol. The molecule has 128 valence electrons. The lowest BCUT2D eigenvalue weighted by molar-refractivity contribution is 0.102. The average molecular weight is 335 g/mol. The smallest absolute Gasteiger partial charge is 0.275 e. The minimum Gasteiger partial charge on any atom is -0.329 e. The molecule has 0 atom stereocenters. The number of carbonyl (C=O) groups is 1. The van der Waals surface area contributed by atoms with Crippen molar-refractivity contribution in [3.63, 3.8) is 0 Å². The summed E-state index contributed by atoms with van der Waals surface area (Å²) in [5, 5.41) is 3.76. The molecule has 1 saturated carbocycles. The Morgan fingerprint density at radius 1 is 1.28 bits per heavy atom. The summed E-state index contributed by atoms with van der Waals surface area (Å²) in [7, 11) is 4.04. The van der Waals surface area contributed by atoms with E-state index < -0.39 is 0 Å². The predicted molar refractivity (Wildman–Crippen MR) is 97.6 cm³/mol. The van der Waals surface area contributed by atoms with Crippen molar-refractivity contribution in [2.45, 2.75) is 25.4 Å². The Labute approximate surface area is 146 Å². The molecule has 0 unspecified atom stereocenters. The molecule has 3 aromatic rings. The molecule has 6 nitrogen and oxygen atoms in total. The third-order valence-electron chi connectivity index (χ3n) is 4.35. The van der Waals surface area contributed by atoms with Gasteiger partial charge in [0, 0.05) is 24.5 Å². The van der Waals surface area contributed by atoms with E-state index in [0.717, 1.165) is 28.8 Å². The van der Waals surface area contributed by atoms with Gasteiger partial charge in [-0.3, -0.25) is 4.79 Å². The number of fused-ring (bicyclic) bond motifs is 1. The van der Waals surface area contributed by atoms with Gasteiger partial charge in [0.25, 0.3) is 5.91 Å². The zero-order chi connectivity index (χ0) is 17.4. The van der Waals surface area contributed by atoms with Gasteiger partial charge in [-0.15, -0.1) is 0 Å². The Kier molecular flexibility index (Phi) is 3.97. The van der Waals surface area contributed by atoms with Gasteiger partial charge in [0.1, 0.15) is 17.7 Å². The van der Waals surface area contributed by atoms with Crippen LogP contribution in [0.2, 0.25) is 0 Å². The summed E-state index contributed by atoms with van der Waals surface area (Å²) in [5.74, 6) is -0.206. The number of amides is 1. The average Bonchev–Trinajstić information content (AvgIpc) is 3.33. The highest BCUT2D eigenvalue weighted by molar-refractivity contribution is 6.10. The molecule has 1 amide bonds. The molecule has 1 fully saturated rings. The van der Waals surface area contributed by atoms with Crippen LogP contribution in [0.3, 0.4) is 0 Å². The van der Waals surface area contributed by atoms with E-state index in [1.54, 1.807) is 0 Å². The van der Waals surface area contributed by atoms with Gasteiger partial charge in [0.05, 0.1) is 5.39 Å². The zero-order valence-corrected chi connectivity index (χ0v) is 14.4. The Balaban J connectivity index is 1.60. The highest BCUT2D eigenvalue weighted by Crippen LogP contribution is 2.37. The fraction of sp³-hybridized carbons (Fsp3) is 0.316. The van der Waals surface area contributed by atoms with Crippen LogP contribution in [0, 0.1) is 0 Å². The minimum atomic E-state index is -0.206. The summed E-state index contributed by atoms with van der Waals surface area (Å²) >= 11 is 0. The van der Waals surface area contributed by atoms with Crippen molar-refractivity contribution < 1.29 is 4.79 Å². The lowest BCUT2D eigenvalue weighted by atomic mass is 10.2. The van der Waals surface area contributed by atoms with E-state index in [4.69, 9.17) is 0 Å². The third kappa shape index (κ3) is 3.25. The van der Waals surface area contributed by atoms with E-state index in [1.165, 1.54) is 19.2 Å². The van der Waals surface area contributed by atoms with Gasteiger partial charge < -0.3 is 14.8 Å². The second-order valence-corrected chi connectivity index (χ2v) is 6.81. The minimum absolute atomic E-state index is 0.206. The fourth-order valence-corrected chi connectivity index (χ4v) is 3.10. The summed E-state index contributed by atoms with van der Waals surface area (Å²) in [5.41, 5.74) is 3.18. The van der Waals surface area contributed by atoms with Crippen LogP contribution in [0.1, 0.15) is 34.9 Å². The Hall–Kier alpha value is -2.73. The van der Waals surface area contributed by atoms with Crippen LogP contribution in [-0.2, 0) is 6.54 Å². The number of nitrogens with one attached hydrogen (secondary N) is 1. The standard InChI is InChI=1S/C19H21N5O/c1-23(2)11-13-4-3-5-14(10-13)22-19(25)17-16-8-9-24(15-6-7-15)18(16)21-12-20-17/h3-5,8-10,12,15H,6-7,11H2,1-2H3,(H,22,25). The Morgan fingerprint density at radius 3 is 2.88 bits per heavy atom. The van der Waals surface area contributed by atoms with E-state index in [9.17, 15) is 4.79 Å². The van der Waals surface area contributed by atoms with E-state index in [2.05, 4.69) is 24.8 Å². The van der Waals surface area contributed by atoms with Gasteiger partial charge in [-0.1, -0.05) is 12.1 Å². The van der Waals surface area contributed by atoms with Gasteiger partial charge in [-0.05, 0) is 50.7 Å². The highest BCUT2D eigenvalue weighted by Gasteiger charge is 2.26. The van der Waals surface area contributed by atoms with Crippen LogP contribution in [0.5, 0.6) is 0 Å². The zero-order valence-electron chi connectivity index (χ0n) is 14.4. The van der Waals surface area contributed by atoms with Crippen LogP contribution in [0.25, 0.3) is 11.0 Å². The number of aromatic nitrogens is 3. The van der Waals surface area contributed by atoms with Crippen molar-refractivity contribution in [2.24, 2.45) is 0 Å². The first-order valence-corrected chi connectivity index (χ1v) is 8.48. The normalized spacial score (nSPS) is 14.2. The summed E-state index contributed by atoms with van der Waals surface area (Å²) in [6, 6.07) is 10.3. The van der Waals surface area contributed by atoms with E-state index >= 15 is 0 Å². The number of hydrogen-bond acceptors (Lipinski definition) is 4. The molecule has 0 bridgehead atoms. The molecule has 0 spiro atoms. The van der Waals surface area contributed by atoms with Crippen molar-refractivity contribution in [3.05, 3.63) is 54.1 Å². The number of nitrogens with zero attached hydrogens (tertiary/aromatic N) is 4. The van der Waals surface area contributed by atoms with Gasteiger partial charge in [-0.2, -0.15) is 0 Å². The van der Waals surface area contributed by atoms with Crippen molar-refractivity contribution in [1.29, 1.82) is 0 Å². The number of anilines is 1. The van der Waals surface area contributed by atoms with Crippen molar-refractivity contribution >= 4 is 22.6 Å². The van der Waals surface area contributed by atoms with Crippen molar-refractivity contribution in [1.82, 2.24) is 19.4 Å². The molecule has 25 heavy (non-hydrogen) atoms. The molecule has 1 aromatic carbocycles. The van der Waals surface area contributed by atoms with Crippen molar-refractivity contribution in [3.8, 4) is 0 Å². The molecular formula is C19H21N5O. The Bertz CT molecular complexity index is 926. The van der Waals surface area contributed by atoms with Crippen LogP contribution in [0.4, 0.5) is 5.69 Å². The SMILES string of the molecule is CN(C)Cc1cccc(NC(=O)c2ncnc3c2ccn3C2CC2)c1. The first-order valence-electron chi connectivity index (χ1n) is 8.48. The number of benzene rings is 1. The predicted octanol–water partition coefficient (Wildman–Crippen LogP) is 3.08. The first kappa shape index (κ1) is 15.8. The van der Waals surface area contributed by atoms with E-state index in [1.807, 2.05) is 50.6 Å². The molecule has 1 aliphatic rings. The lowest BCUT2D eigenvalue weighted by Gasteiger charge is -2.11. The van der Waals surface area contributed by atoms with Crippen LogP contribution < -0.4 is 5.32 Å². The second kappa shape index (κ2) is 6.29. The summed E-state index contributed by atoms with van der Waals surface area (Å²) in [6.45, 7) is 0.825. The van der Waals surface area contributed by atoms with Crippen LogP contribution >= 0.6 is 0 Å². The molecule has 2 heterocycles. The maximum absolute atomic E-state index is 12.7. The van der Waals surface area contributed by atoms with Gasteiger partial charge >= 0.3 is 0 Å². The number of rotatable bonds is 5. The van der Waals surface area contributed by atoms with Crippen molar-refractivity contribution in [2.75, 3.05) is 19.4 Å². The summed E-state index contributed by atoms with van der Waals surface area (Å²) in [4.78, 5) is 23.4. The topological polar surface area (TPSA) is 63.1 Å². The van der Waals surface area contributed by atoms with Crippen LogP contribution in [-0.4, -0.2) is 39.4 Å². The molecule has 0 saturated heterocycles.